The van der Waals surface area contributed by atoms with Gasteiger partial charge >= 0.3 is 0 Å². The molecule has 2 heterocycles. The monoisotopic (exact) mass is 426 g/mol. The van der Waals surface area contributed by atoms with E-state index in [0.29, 0.717) is 45.4 Å². The largest absolute Gasteiger partial charge is 0.330 e. The number of rotatable bonds is 6. The summed E-state index contributed by atoms with van der Waals surface area (Å²) < 4.78 is 13.5. The van der Waals surface area contributed by atoms with Crippen LogP contribution in [0.25, 0.3) is 22.6 Å². The van der Waals surface area contributed by atoms with E-state index in [-0.39, 0.29) is 0 Å². The highest BCUT2D eigenvalue weighted by Gasteiger charge is 2.18. The molecule has 31 heavy (non-hydrogen) atoms. The van der Waals surface area contributed by atoms with Crippen molar-refractivity contribution in [1.82, 2.24) is 20.2 Å². The molecule has 0 aliphatic heterocycles. The van der Waals surface area contributed by atoms with E-state index in [1.54, 1.807) is 36.7 Å². The van der Waals surface area contributed by atoms with Gasteiger partial charge in [0.2, 0.25) is 0 Å². The van der Waals surface area contributed by atoms with E-state index >= 15 is 0 Å². The lowest BCUT2D eigenvalue weighted by molar-refractivity contribution is 0.682. The predicted molar refractivity (Wildman–Crippen MR) is 117 cm³/mol. The summed E-state index contributed by atoms with van der Waals surface area (Å²) in [6, 6.07) is 18.4. The van der Waals surface area contributed by atoms with Crippen LogP contribution in [0.15, 0.2) is 83.0 Å². The summed E-state index contributed by atoms with van der Waals surface area (Å²) in [4.78, 5) is 9.74. The van der Waals surface area contributed by atoms with Crippen LogP contribution in [-0.4, -0.2) is 30.9 Å². The van der Waals surface area contributed by atoms with Crippen molar-refractivity contribution in [2.24, 2.45) is 5.73 Å². The summed E-state index contributed by atoms with van der Waals surface area (Å²) in [5.74, 6) is 0.430. The normalized spacial score (nSPS) is 11.6. The molecule has 0 spiro atoms. The minimum Gasteiger partial charge on any atom is -0.330 e. The zero-order valence-electron chi connectivity index (χ0n) is 16.5. The summed E-state index contributed by atoms with van der Waals surface area (Å²) in [5.41, 5.74) is 8.99. The standard InChI is InChI=1S/C23H18N6OS/c24-9-8-17-13-26-23(27-14-17)20-7-6-16(12-25)10-22(20)31(30)19-11-21(29-28-15-19)18-4-2-1-3-5-18/h1-7,10-11,13-15H,8-9,24H2. The van der Waals surface area contributed by atoms with Gasteiger partial charge in [-0.05, 0) is 42.8 Å². The van der Waals surface area contributed by atoms with Crippen LogP contribution in [0.3, 0.4) is 0 Å². The highest BCUT2D eigenvalue weighted by atomic mass is 32.2. The third-order valence-electron chi connectivity index (χ3n) is 4.60. The molecular weight excluding hydrogens is 408 g/mol. The molecule has 0 bridgehead atoms. The van der Waals surface area contributed by atoms with Gasteiger partial charge in [0, 0.05) is 23.5 Å². The fourth-order valence-electron chi connectivity index (χ4n) is 3.05. The van der Waals surface area contributed by atoms with Gasteiger partial charge in [0.15, 0.2) is 5.82 Å². The van der Waals surface area contributed by atoms with Crippen LogP contribution in [0.4, 0.5) is 0 Å². The third-order valence-corrected chi connectivity index (χ3v) is 5.99. The number of aromatic nitrogens is 4. The lowest BCUT2D eigenvalue weighted by Crippen LogP contribution is -2.05. The molecule has 0 saturated heterocycles. The Morgan fingerprint density at radius 2 is 1.77 bits per heavy atom. The molecule has 4 rings (SSSR count). The number of hydrogen-bond acceptors (Lipinski definition) is 7. The molecule has 152 valence electrons. The highest BCUT2D eigenvalue weighted by Crippen LogP contribution is 2.29. The van der Waals surface area contributed by atoms with E-state index in [0.717, 1.165) is 11.1 Å². The molecule has 0 fully saturated rings. The fourth-order valence-corrected chi connectivity index (χ4v) is 4.26. The van der Waals surface area contributed by atoms with E-state index in [9.17, 15) is 9.47 Å². The van der Waals surface area contributed by atoms with Crippen LogP contribution in [0.2, 0.25) is 0 Å². The minimum absolute atomic E-state index is 0.400. The van der Waals surface area contributed by atoms with E-state index < -0.39 is 10.8 Å². The lowest BCUT2D eigenvalue weighted by Gasteiger charge is -2.10. The van der Waals surface area contributed by atoms with Gasteiger partial charge in [-0.1, -0.05) is 30.3 Å². The average Bonchev–Trinajstić information content (AvgIpc) is 2.84. The van der Waals surface area contributed by atoms with Gasteiger partial charge in [0.05, 0.1) is 44.1 Å². The van der Waals surface area contributed by atoms with Gasteiger partial charge in [0.1, 0.15) is 0 Å². The van der Waals surface area contributed by atoms with Crippen molar-refractivity contribution in [2.75, 3.05) is 6.54 Å². The summed E-state index contributed by atoms with van der Waals surface area (Å²) in [5, 5.41) is 17.5. The maximum absolute atomic E-state index is 13.5. The average molecular weight is 427 g/mol. The molecule has 0 aliphatic rings. The van der Waals surface area contributed by atoms with Gasteiger partial charge in [-0.15, -0.1) is 0 Å². The van der Waals surface area contributed by atoms with Crippen LogP contribution < -0.4 is 5.73 Å². The Bertz CT molecular complexity index is 1270. The van der Waals surface area contributed by atoms with Crippen LogP contribution in [0.1, 0.15) is 11.1 Å². The summed E-state index contributed by atoms with van der Waals surface area (Å²) >= 11 is 0. The number of nitrogens with two attached hydrogens (primary N) is 1. The van der Waals surface area contributed by atoms with Crippen molar-refractivity contribution in [2.45, 2.75) is 16.2 Å². The number of benzene rings is 2. The number of nitriles is 1. The van der Waals surface area contributed by atoms with Crippen LogP contribution in [-0.2, 0) is 17.2 Å². The minimum atomic E-state index is -1.62. The van der Waals surface area contributed by atoms with E-state index in [1.807, 2.05) is 30.3 Å². The molecule has 0 amide bonds. The smallest absolute Gasteiger partial charge is 0.160 e. The summed E-state index contributed by atoms with van der Waals surface area (Å²) in [6.45, 7) is 0.508. The Morgan fingerprint density at radius 3 is 2.48 bits per heavy atom. The molecule has 2 aromatic carbocycles. The van der Waals surface area contributed by atoms with E-state index in [4.69, 9.17) is 5.73 Å². The summed E-state index contributed by atoms with van der Waals surface area (Å²) in [6.07, 6.45) is 5.57. The Labute approximate surface area is 182 Å². The lowest BCUT2D eigenvalue weighted by atomic mass is 10.1. The first kappa shape index (κ1) is 20.5. The van der Waals surface area contributed by atoms with Gasteiger partial charge in [-0.25, -0.2) is 14.2 Å². The maximum Gasteiger partial charge on any atom is 0.160 e. The van der Waals surface area contributed by atoms with Crippen molar-refractivity contribution >= 4 is 10.8 Å². The van der Waals surface area contributed by atoms with Gasteiger partial charge < -0.3 is 5.73 Å². The molecule has 0 aliphatic carbocycles. The van der Waals surface area contributed by atoms with Gasteiger partial charge in [0.25, 0.3) is 0 Å². The first-order chi connectivity index (χ1) is 15.2. The molecule has 0 radical (unpaired) electrons. The van der Waals surface area contributed by atoms with Crippen molar-refractivity contribution in [3.05, 3.63) is 84.3 Å². The highest BCUT2D eigenvalue weighted by molar-refractivity contribution is 7.85. The van der Waals surface area contributed by atoms with Crippen LogP contribution in [0.5, 0.6) is 0 Å². The van der Waals surface area contributed by atoms with E-state index in [1.165, 1.54) is 6.20 Å². The molecule has 1 atom stereocenters. The Morgan fingerprint density at radius 1 is 1.00 bits per heavy atom. The SMILES string of the molecule is N#Cc1ccc(-c2ncc(CCN)cn2)c(S(=O)c2cnnc(-c3ccccc3)c2)c1. The Kier molecular flexibility index (Phi) is 6.17. The molecule has 7 nitrogen and oxygen atoms in total. The zero-order valence-corrected chi connectivity index (χ0v) is 17.3. The Balaban J connectivity index is 1.77. The second-order valence-electron chi connectivity index (χ2n) is 6.69. The first-order valence-corrected chi connectivity index (χ1v) is 10.7. The summed E-state index contributed by atoms with van der Waals surface area (Å²) in [7, 11) is -1.62. The molecule has 0 saturated carbocycles. The first-order valence-electron chi connectivity index (χ1n) is 9.55. The Hall–Kier alpha value is -3.80. The van der Waals surface area contributed by atoms with Crippen LogP contribution >= 0.6 is 0 Å². The predicted octanol–water partition coefficient (Wildman–Crippen LogP) is 3.14. The fraction of sp³-hybridized carbons (Fsp3) is 0.0870. The van der Waals surface area contributed by atoms with Crippen molar-refractivity contribution in [1.29, 1.82) is 5.26 Å². The molecule has 1 unspecified atom stereocenters. The third kappa shape index (κ3) is 4.53. The number of nitrogens with zero attached hydrogens (tertiary/aromatic N) is 5. The topological polar surface area (TPSA) is 118 Å². The second-order valence-corrected chi connectivity index (χ2v) is 8.14. The van der Waals surface area contributed by atoms with Crippen molar-refractivity contribution < 1.29 is 4.21 Å². The zero-order chi connectivity index (χ0) is 21.6. The van der Waals surface area contributed by atoms with Gasteiger partial charge in [-0.2, -0.15) is 15.5 Å². The molecule has 2 N–H and O–H groups in total. The molecular formula is C23H18N6OS. The van der Waals surface area contributed by atoms with Gasteiger partial charge in [-0.3, -0.25) is 0 Å². The molecule has 8 heteroatoms. The van der Waals surface area contributed by atoms with Crippen molar-refractivity contribution in [3.8, 4) is 28.7 Å². The van der Waals surface area contributed by atoms with E-state index in [2.05, 4.69) is 26.2 Å². The number of hydrogen-bond donors (Lipinski definition) is 1. The maximum atomic E-state index is 13.5. The molecule has 4 aromatic rings. The quantitative estimate of drug-likeness (QED) is 0.503. The molecule has 2 aromatic heterocycles. The second kappa shape index (κ2) is 9.34. The van der Waals surface area contributed by atoms with Crippen LogP contribution in [0, 0.1) is 11.3 Å². The van der Waals surface area contributed by atoms with Crippen molar-refractivity contribution in [3.63, 3.8) is 0 Å².